The first-order valence-corrected chi connectivity index (χ1v) is 7.06. The highest BCUT2D eigenvalue weighted by Gasteiger charge is 2.26. The van der Waals surface area contributed by atoms with Crippen LogP contribution in [0.15, 0.2) is 30.5 Å². The van der Waals surface area contributed by atoms with Gasteiger partial charge in [-0.15, -0.1) is 0 Å². The van der Waals surface area contributed by atoms with Gasteiger partial charge < -0.3 is 10.0 Å². The lowest BCUT2D eigenvalue weighted by Crippen LogP contribution is -2.42. The van der Waals surface area contributed by atoms with Crippen LogP contribution in [0.4, 0.5) is 0 Å². The maximum absolute atomic E-state index is 12.6. The van der Waals surface area contributed by atoms with Crippen molar-refractivity contribution in [3.8, 4) is 5.75 Å². The lowest BCUT2D eigenvalue weighted by Gasteiger charge is -2.33. The lowest BCUT2D eigenvalue weighted by atomic mass is 10.0. The summed E-state index contributed by atoms with van der Waals surface area (Å²) in [5.74, 6) is -0.104. The Bertz CT molecular complexity index is 654. The molecule has 0 aliphatic carbocycles. The molecule has 2 heterocycles. The number of carbonyl (C=O) groups is 1. The molecule has 0 radical (unpaired) electrons. The monoisotopic (exact) mass is 270 g/mol. The molecular weight excluding hydrogens is 252 g/mol. The number of phenols is 1. The van der Waals surface area contributed by atoms with Crippen molar-refractivity contribution in [2.24, 2.45) is 0 Å². The minimum Gasteiger partial charge on any atom is -0.505 e. The van der Waals surface area contributed by atoms with Crippen LogP contribution in [-0.2, 0) is 0 Å². The van der Waals surface area contributed by atoms with E-state index in [4.69, 9.17) is 0 Å². The number of phenolic OH excluding ortho intramolecular Hbond substituents is 1. The molecule has 1 aliphatic rings. The summed E-state index contributed by atoms with van der Waals surface area (Å²) in [6.45, 7) is 2.83. The summed E-state index contributed by atoms with van der Waals surface area (Å²) >= 11 is 0. The first kappa shape index (κ1) is 12.9. The Morgan fingerprint density at radius 3 is 3.00 bits per heavy atom. The number of benzene rings is 1. The number of hydrogen-bond donors (Lipinski definition) is 1. The van der Waals surface area contributed by atoms with Gasteiger partial charge in [-0.05, 0) is 38.3 Å². The summed E-state index contributed by atoms with van der Waals surface area (Å²) in [7, 11) is 0. The number of fused-ring (bicyclic) bond motifs is 1. The summed E-state index contributed by atoms with van der Waals surface area (Å²) < 4.78 is 0. The molecule has 1 N–H and O–H groups in total. The fraction of sp³-hybridized carbons (Fsp3) is 0.375. The van der Waals surface area contributed by atoms with Crippen molar-refractivity contribution in [1.82, 2.24) is 9.88 Å². The molecule has 1 saturated heterocycles. The maximum Gasteiger partial charge on any atom is 0.257 e. The number of aromatic hydroxyl groups is 1. The molecule has 1 fully saturated rings. The molecule has 0 spiro atoms. The van der Waals surface area contributed by atoms with Crippen molar-refractivity contribution in [2.75, 3.05) is 6.54 Å². The third-order valence-electron chi connectivity index (χ3n) is 4.04. The quantitative estimate of drug-likeness (QED) is 0.866. The number of aromatic nitrogens is 1. The zero-order chi connectivity index (χ0) is 14.1. The van der Waals surface area contributed by atoms with Crippen LogP contribution in [0.25, 0.3) is 10.9 Å². The molecule has 1 atom stereocenters. The van der Waals surface area contributed by atoms with Crippen LogP contribution in [0.5, 0.6) is 5.75 Å². The van der Waals surface area contributed by atoms with E-state index in [9.17, 15) is 9.90 Å². The van der Waals surface area contributed by atoms with E-state index in [0.29, 0.717) is 11.1 Å². The third kappa shape index (κ3) is 2.11. The van der Waals surface area contributed by atoms with Crippen molar-refractivity contribution in [2.45, 2.75) is 32.2 Å². The summed E-state index contributed by atoms with van der Waals surface area (Å²) in [6, 6.07) is 7.46. The van der Waals surface area contributed by atoms with Gasteiger partial charge in [0.1, 0.15) is 5.52 Å². The van der Waals surface area contributed by atoms with Crippen LogP contribution in [0.1, 0.15) is 36.5 Å². The molecule has 1 amide bonds. The predicted molar refractivity (Wildman–Crippen MR) is 77.8 cm³/mol. The van der Waals surface area contributed by atoms with E-state index in [-0.39, 0.29) is 17.7 Å². The minimum atomic E-state index is -0.0951. The van der Waals surface area contributed by atoms with Crippen LogP contribution >= 0.6 is 0 Å². The van der Waals surface area contributed by atoms with Crippen molar-refractivity contribution in [3.05, 3.63) is 36.0 Å². The molecule has 1 aromatic heterocycles. The summed E-state index contributed by atoms with van der Waals surface area (Å²) in [4.78, 5) is 18.6. The highest BCUT2D eigenvalue weighted by molar-refractivity contribution is 6.02. The van der Waals surface area contributed by atoms with E-state index in [1.807, 2.05) is 23.1 Å². The number of carbonyl (C=O) groups excluding carboxylic acids is 1. The average molecular weight is 270 g/mol. The van der Waals surface area contributed by atoms with Gasteiger partial charge in [0.25, 0.3) is 5.91 Å². The number of hydrogen-bond acceptors (Lipinski definition) is 3. The average Bonchev–Trinajstić information content (AvgIpc) is 2.48. The van der Waals surface area contributed by atoms with Crippen molar-refractivity contribution >= 4 is 16.8 Å². The number of nitrogens with zero attached hydrogens (tertiary/aromatic N) is 2. The van der Waals surface area contributed by atoms with Crippen LogP contribution in [0.2, 0.25) is 0 Å². The van der Waals surface area contributed by atoms with Crippen LogP contribution in [0.3, 0.4) is 0 Å². The summed E-state index contributed by atoms with van der Waals surface area (Å²) in [6.07, 6.45) is 4.84. The highest BCUT2D eigenvalue weighted by atomic mass is 16.3. The fourth-order valence-electron chi connectivity index (χ4n) is 2.86. The van der Waals surface area contributed by atoms with Crippen LogP contribution < -0.4 is 0 Å². The molecule has 4 heteroatoms. The molecule has 1 aromatic carbocycles. The Morgan fingerprint density at radius 2 is 2.20 bits per heavy atom. The van der Waals surface area contributed by atoms with Crippen molar-refractivity contribution < 1.29 is 9.90 Å². The number of pyridine rings is 1. The molecule has 3 rings (SSSR count). The second-order valence-electron chi connectivity index (χ2n) is 5.38. The predicted octanol–water partition coefficient (Wildman–Crippen LogP) is 2.96. The Hall–Kier alpha value is -2.10. The molecule has 1 unspecified atom stereocenters. The van der Waals surface area contributed by atoms with E-state index in [1.165, 1.54) is 0 Å². The lowest BCUT2D eigenvalue weighted by molar-refractivity contribution is 0.0633. The first-order chi connectivity index (χ1) is 9.68. The first-order valence-electron chi connectivity index (χ1n) is 7.06. The summed E-state index contributed by atoms with van der Waals surface area (Å²) in [5.41, 5.74) is 0.841. The largest absolute Gasteiger partial charge is 0.505 e. The van der Waals surface area contributed by atoms with Gasteiger partial charge in [0.05, 0.1) is 5.56 Å². The molecule has 104 valence electrons. The van der Waals surface area contributed by atoms with Gasteiger partial charge in [-0.2, -0.15) is 0 Å². The Kier molecular flexibility index (Phi) is 3.30. The second-order valence-corrected chi connectivity index (χ2v) is 5.38. The molecule has 20 heavy (non-hydrogen) atoms. The van der Waals surface area contributed by atoms with Crippen LogP contribution in [0, 0.1) is 0 Å². The third-order valence-corrected chi connectivity index (χ3v) is 4.04. The maximum atomic E-state index is 12.6. The number of rotatable bonds is 1. The van der Waals surface area contributed by atoms with Crippen LogP contribution in [-0.4, -0.2) is 33.5 Å². The molecular formula is C16H18N2O2. The van der Waals surface area contributed by atoms with Gasteiger partial charge >= 0.3 is 0 Å². The van der Waals surface area contributed by atoms with E-state index in [0.717, 1.165) is 31.2 Å². The van der Waals surface area contributed by atoms with E-state index in [2.05, 4.69) is 11.9 Å². The number of piperidine rings is 1. The molecule has 1 aliphatic heterocycles. The highest BCUT2D eigenvalue weighted by Crippen LogP contribution is 2.29. The molecule has 4 nitrogen and oxygen atoms in total. The fourth-order valence-corrected chi connectivity index (χ4v) is 2.86. The van der Waals surface area contributed by atoms with Gasteiger partial charge in [0.2, 0.25) is 0 Å². The second kappa shape index (κ2) is 5.12. The topological polar surface area (TPSA) is 53.4 Å². The van der Waals surface area contributed by atoms with Gasteiger partial charge in [0.15, 0.2) is 5.75 Å². The van der Waals surface area contributed by atoms with Gasteiger partial charge in [-0.25, -0.2) is 0 Å². The molecule has 0 saturated carbocycles. The van der Waals surface area contributed by atoms with E-state index >= 15 is 0 Å². The van der Waals surface area contributed by atoms with Gasteiger partial charge in [0, 0.05) is 24.2 Å². The van der Waals surface area contributed by atoms with Crippen molar-refractivity contribution in [3.63, 3.8) is 0 Å². The van der Waals surface area contributed by atoms with Gasteiger partial charge in [-0.1, -0.05) is 12.1 Å². The smallest absolute Gasteiger partial charge is 0.257 e. The van der Waals surface area contributed by atoms with E-state index < -0.39 is 0 Å². The Balaban J connectivity index is 2.01. The molecule has 2 aromatic rings. The number of likely N-dealkylation sites (tertiary alicyclic amines) is 1. The zero-order valence-electron chi connectivity index (χ0n) is 11.5. The normalized spacial score (nSPS) is 19.2. The minimum absolute atomic E-state index is 0.00845. The number of amides is 1. The van der Waals surface area contributed by atoms with Crippen molar-refractivity contribution in [1.29, 1.82) is 0 Å². The summed E-state index contributed by atoms with van der Waals surface area (Å²) in [5, 5.41) is 11.2. The molecule has 0 bridgehead atoms. The van der Waals surface area contributed by atoms with E-state index in [1.54, 1.807) is 12.3 Å². The zero-order valence-corrected chi connectivity index (χ0v) is 11.5. The SMILES string of the molecule is CC1CCCCN1C(=O)c1ccc2cccnc2c1O. The standard InChI is InChI=1S/C16H18N2O2/c1-11-5-2-3-10-18(11)16(20)13-8-7-12-6-4-9-17-14(12)15(13)19/h4,6-9,11,19H,2-3,5,10H2,1H3. The van der Waals surface area contributed by atoms with Gasteiger partial charge in [-0.3, -0.25) is 9.78 Å². The Morgan fingerprint density at radius 1 is 1.35 bits per heavy atom. The Labute approximate surface area is 118 Å².